The molecule has 0 saturated heterocycles. The second-order valence-electron chi connectivity index (χ2n) is 7.25. The van der Waals surface area contributed by atoms with Crippen molar-refractivity contribution in [2.45, 2.75) is 19.4 Å². The minimum Gasteiger partial charge on any atom is -0.312 e. The molecule has 10 heteroatoms. The van der Waals surface area contributed by atoms with Gasteiger partial charge in [0.1, 0.15) is 22.4 Å². The van der Waals surface area contributed by atoms with Crippen molar-refractivity contribution in [3.8, 4) is 28.2 Å². The second-order valence-corrected chi connectivity index (χ2v) is 8.14. The zero-order valence-electron chi connectivity index (χ0n) is 17.4. The van der Waals surface area contributed by atoms with Crippen LogP contribution >= 0.6 is 11.3 Å². The highest BCUT2D eigenvalue weighted by molar-refractivity contribution is 7.13. The van der Waals surface area contributed by atoms with E-state index in [0.29, 0.717) is 29.3 Å². The molecule has 1 aliphatic rings. The van der Waals surface area contributed by atoms with Gasteiger partial charge in [0.15, 0.2) is 11.6 Å². The molecule has 4 aromatic rings. The summed E-state index contributed by atoms with van der Waals surface area (Å²) in [5.74, 6) is 1.08. The van der Waals surface area contributed by atoms with Gasteiger partial charge in [0.05, 0.1) is 29.6 Å². The number of aromatic amines is 1. The van der Waals surface area contributed by atoms with Gasteiger partial charge >= 0.3 is 0 Å². The molecule has 1 unspecified atom stereocenters. The van der Waals surface area contributed by atoms with Gasteiger partial charge in [-0.15, -0.1) is 11.3 Å². The van der Waals surface area contributed by atoms with E-state index in [1.54, 1.807) is 42.7 Å². The van der Waals surface area contributed by atoms with Gasteiger partial charge < -0.3 is 9.80 Å². The molecule has 5 rings (SSSR count). The first-order valence-electron chi connectivity index (χ1n) is 10.00. The van der Waals surface area contributed by atoms with E-state index in [2.05, 4.69) is 26.2 Å². The third kappa shape index (κ3) is 3.11. The van der Waals surface area contributed by atoms with Crippen molar-refractivity contribution in [2.75, 3.05) is 16.8 Å². The number of nitriles is 1. The predicted molar refractivity (Wildman–Crippen MR) is 122 cm³/mol. The monoisotopic (exact) mass is 442 g/mol. The van der Waals surface area contributed by atoms with E-state index in [0.717, 1.165) is 22.0 Å². The van der Waals surface area contributed by atoms with Crippen LogP contribution in [0.5, 0.6) is 0 Å². The van der Waals surface area contributed by atoms with E-state index in [1.165, 1.54) is 11.3 Å². The van der Waals surface area contributed by atoms with Crippen molar-refractivity contribution in [3.05, 3.63) is 53.8 Å². The lowest BCUT2D eigenvalue weighted by molar-refractivity contribution is -0.119. The average Bonchev–Trinajstić information content (AvgIpc) is 3.53. The van der Waals surface area contributed by atoms with E-state index in [-0.39, 0.29) is 5.91 Å². The highest BCUT2D eigenvalue weighted by Crippen LogP contribution is 2.41. The Kier molecular flexibility index (Phi) is 4.88. The number of benzene rings is 1. The lowest BCUT2D eigenvalue weighted by atomic mass is 10.1. The molecule has 1 aromatic carbocycles. The predicted octanol–water partition coefficient (Wildman–Crippen LogP) is 3.75. The first kappa shape index (κ1) is 19.8. The van der Waals surface area contributed by atoms with Crippen molar-refractivity contribution < 1.29 is 4.79 Å². The van der Waals surface area contributed by atoms with Crippen LogP contribution in [0.4, 0.5) is 17.2 Å². The highest BCUT2D eigenvalue weighted by atomic mass is 32.1. The number of H-pyrrole nitrogens is 1. The van der Waals surface area contributed by atoms with Gasteiger partial charge in [0.25, 0.3) is 0 Å². The Hall–Kier alpha value is -4.10. The van der Waals surface area contributed by atoms with Crippen LogP contribution in [-0.2, 0) is 4.79 Å². The molecule has 4 heterocycles. The highest BCUT2D eigenvalue weighted by Gasteiger charge is 2.38. The summed E-state index contributed by atoms with van der Waals surface area (Å²) in [6.07, 6.45) is 5.67. The fraction of sp³-hybridized carbons (Fsp3) is 0.182. The largest absolute Gasteiger partial charge is 0.312 e. The second kappa shape index (κ2) is 7.86. The third-order valence-electron chi connectivity index (χ3n) is 5.45. The lowest BCUT2D eigenvalue weighted by Gasteiger charge is -2.40. The van der Waals surface area contributed by atoms with Crippen molar-refractivity contribution >= 4 is 34.4 Å². The van der Waals surface area contributed by atoms with Crippen LogP contribution in [0.15, 0.2) is 48.2 Å². The molecule has 1 amide bonds. The summed E-state index contributed by atoms with van der Waals surface area (Å²) in [5.41, 5.74) is 3.44. The molecule has 0 saturated carbocycles. The molecule has 9 nitrogen and oxygen atoms in total. The van der Waals surface area contributed by atoms with Crippen LogP contribution in [0.1, 0.15) is 18.9 Å². The van der Waals surface area contributed by atoms with Crippen LogP contribution in [0, 0.1) is 11.3 Å². The summed E-state index contributed by atoms with van der Waals surface area (Å²) in [7, 11) is 1.74. The normalized spacial score (nSPS) is 15.5. The van der Waals surface area contributed by atoms with Crippen molar-refractivity contribution in [2.24, 2.45) is 0 Å². The van der Waals surface area contributed by atoms with E-state index in [4.69, 9.17) is 10.2 Å². The van der Waals surface area contributed by atoms with Gasteiger partial charge in [-0.3, -0.25) is 9.89 Å². The number of fused-ring (bicyclic) bond motifs is 1. The third-order valence-corrected chi connectivity index (χ3v) is 6.25. The maximum atomic E-state index is 13.1. The summed E-state index contributed by atoms with van der Waals surface area (Å²) in [6, 6.07) is 8.86. The smallest absolute Gasteiger partial charge is 0.250 e. The molecular weight excluding hydrogens is 424 g/mol. The number of carbonyl (C=O) groups is 1. The number of nitrogens with zero attached hydrogens (tertiary/aromatic N) is 7. The Labute approximate surface area is 188 Å². The standard InChI is InChI=1S/C22H18N8OS/c1-3-16-22(31)29(2)17-12-25-19(15-11-26-28-18(15)21-24-8-9-32-21)27-20(17)30(16)14-6-4-13(10-23)5-7-14/h4-9,11-12,16H,3H2,1-2H3,(H,26,28). The molecule has 3 aromatic heterocycles. The first-order valence-corrected chi connectivity index (χ1v) is 10.9. The van der Waals surface area contributed by atoms with E-state index in [1.807, 2.05) is 29.3 Å². The molecule has 32 heavy (non-hydrogen) atoms. The van der Waals surface area contributed by atoms with Crippen molar-refractivity contribution in [1.82, 2.24) is 25.1 Å². The fourth-order valence-corrected chi connectivity index (χ4v) is 4.48. The average molecular weight is 443 g/mol. The number of likely N-dealkylation sites (N-methyl/N-ethyl adjacent to an activating group) is 1. The fourth-order valence-electron chi connectivity index (χ4n) is 3.83. The van der Waals surface area contributed by atoms with Gasteiger partial charge in [-0.2, -0.15) is 10.4 Å². The maximum absolute atomic E-state index is 13.1. The van der Waals surface area contributed by atoms with Crippen LogP contribution in [-0.4, -0.2) is 44.1 Å². The maximum Gasteiger partial charge on any atom is 0.250 e. The Balaban J connectivity index is 1.68. The number of nitrogens with one attached hydrogen (secondary N) is 1. The van der Waals surface area contributed by atoms with Crippen LogP contribution < -0.4 is 9.80 Å². The van der Waals surface area contributed by atoms with Crippen molar-refractivity contribution in [1.29, 1.82) is 5.26 Å². The lowest BCUT2D eigenvalue weighted by Crippen LogP contribution is -2.50. The number of anilines is 3. The number of thiazole rings is 1. The SMILES string of the molecule is CCC1C(=O)N(C)c2cnc(-c3cn[nH]c3-c3nccs3)nc2N1c1ccc(C#N)cc1. The molecule has 1 aliphatic heterocycles. The van der Waals surface area contributed by atoms with Gasteiger partial charge in [0, 0.05) is 24.3 Å². The summed E-state index contributed by atoms with van der Waals surface area (Å²) in [4.78, 5) is 30.4. The number of hydrogen-bond acceptors (Lipinski definition) is 8. The number of carbonyl (C=O) groups excluding carboxylic acids is 1. The Morgan fingerprint density at radius 2 is 2.03 bits per heavy atom. The van der Waals surface area contributed by atoms with Gasteiger partial charge in [-0.1, -0.05) is 6.92 Å². The molecule has 1 atom stereocenters. The summed E-state index contributed by atoms with van der Waals surface area (Å²) >= 11 is 1.50. The van der Waals surface area contributed by atoms with E-state index >= 15 is 0 Å². The molecule has 0 spiro atoms. The number of aromatic nitrogens is 5. The Morgan fingerprint density at radius 1 is 1.22 bits per heavy atom. The summed E-state index contributed by atoms with van der Waals surface area (Å²) in [6.45, 7) is 1.97. The zero-order valence-corrected chi connectivity index (χ0v) is 18.2. The summed E-state index contributed by atoms with van der Waals surface area (Å²) < 4.78 is 0. The van der Waals surface area contributed by atoms with Crippen LogP contribution in [0.2, 0.25) is 0 Å². The number of hydrogen-bond donors (Lipinski definition) is 1. The quantitative estimate of drug-likeness (QED) is 0.512. The number of amides is 1. The Morgan fingerprint density at radius 3 is 2.72 bits per heavy atom. The van der Waals surface area contributed by atoms with E-state index < -0.39 is 6.04 Å². The summed E-state index contributed by atoms with van der Waals surface area (Å²) in [5, 5.41) is 19.0. The van der Waals surface area contributed by atoms with Crippen LogP contribution in [0.3, 0.4) is 0 Å². The van der Waals surface area contributed by atoms with Crippen LogP contribution in [0.25, 0.3) is 22.1 Å². The topological polar surface area (TPSA) is 115 Å². The zero-order chi connectivity index (χ0) is 22.2. The minimum absolute atomic E-state index is 0.0347. The molecule has 0 aliphatic carbocycles. The molecule has 0 bridgehead atoms. The minimum atomic E-state index is -0.425. The molecular formula is C22H18N8OS. The van der Waals surface area contributed by atoms with Crippen molar-refractivity contribution in [3.63, 3.8) is 0 Å². The van der Waals surface area contributed by atoms with Gasteiger partial charge in [-0.05, 0) is 30.7 Å². The number of rotatable bonds is 4. The van der Waals surface area contributed by atoms with Gasteiger partial charge in [-0.25, -0.2) is 15.0 Å². The first-order chi connectivity index (χ1) is 15.6. The van der Waals surface area contributed by atoms with Gasteiger partial charge in [0.2, 0.25) is 5.91 Å². The molecule has 1 N–H and O–H groups in total. The molecule has 0 radical (unpaired) electrons. The molecule has 158 valence electrons. The Bertz CT molecular complexity index is 1320. The molecule has 0 fully saturated rings. The van der Waals surface area contributed by atoms with E-state index in [9.17, 15) is 4.79 Å².